The molecule has 1 rings (SSSR count). The van der Waals surface area contributed by atoms with Crippen molar-refractivity contribution in [3.05, 3.63) is 28.8 Å². The van der Waals surface area contributed by atoms with Crippen LogP contribution in [0.25, 0.3) is 0 Å². The van der Waals surface area contributed by atoms with Crippen molar-refractivity contribution in [3.63, 3.8) is 0 Å². The van der Waals surface area contributed by atoms with Gasteiger partial charge in [0.15, 0.2) is 0 Å². The van der Waals surface area contributed by atoms with Crippen LogP contribution < -0.4 is 5.73 Å². The Balaban J connectivity index is 3.48. The van der Waals surface area contributed by atoms with E-state index in [0.717, 1.165) is 6.07 Å². The van der Waals surface area contributed by atoms with Gasteiger partial charge in [-0.15, -0.1) is 0 Å². The average molecular weight is 324 g/mol. The van der Waals surface area contributed by atoms with Gasteiger partial charge >= 0.3 is 12.1 Å². The van der Waals surface area contributed by atoms with E-state index in [1.165, 1.54) is 32.9 Å². The Morgan fingerprint density at radius 1 is 1.29 bits per heavy atom. The van der Waals surface area contributed by atoms with E-state index in [0.29, 0.717) is 0 Å². The van der Waals surface area contributed by atoms with E-state index >= 15 is 0 Å². The van der Waals surface area contributed by atoms with Crippen LogP contribution in [0.4, 0.5) is 18.9 Å². The molecule has 0 spiro atoms. The van der Waals surface area contributed by atoms with Gasteiger partial charge in [0.1, 0.15) is 0 Å². The number of nitrogen functional groups attached to an aromatic ring is 1. The lowest BCUT2D eigenvalue weighted by Crippen LogP contribution is -2.40. The van der Waals surface area contributed by atoms with Crippen molar-refractivity contribution in [1.29, 1.82) is 0 Å². The number of carboxylic acids is 1. The Labute approximate surface area is 125 Å². The number of hydrogen-bond acceptors (Lipinski definition) is 2. The van der Waals surface area contributed by atoms with E-state index in [1.807, 2.05) is 0 Å². The van der Waals surface area contributed by atoms with Crippen LogP contribution >= 0.6 is 11.6 Å². The highest BCUT2D eigenvalue weighted by Crippen LogP contribution is 2.47. The number of hydrogen-bond donors (Lipinski definition) is 2. The van der Waals surface area contributed by atoms with Crippen LogP contribution in [-0.4, -0.2) is 17.3 Å². The van der Waals surface area contributed by atoms with Crippen LogP contribution in [-0.2, 0) is 4.79 Å². The summed E-state index contributed by atoms with van der Waals surface area (Å²) >= 11 is 5.71. The fraction of sp³-hybridized carbons (Fsp3) is 0.500. The second-order valence-electron chi connectivity index (χ2n) is 5.98. The predicted molar refractivity (Wildman–Crippen MR) is 75.2 cm³/mol. The first-order chi connectivity index (χ1) is 9.35. The fourth-order valence-corrected chi connectivity index (χ4v) is 2.46. The highest BCUT2D eigenvalue weighted by atomic mass is 35.5. The summed E-state index contributed by atoms with van der Waals surface area (Å²) in [5, 5.41) is 9.40. The quantitative estimate of drug-likeness (QED) is 0.814. The Hall–Kier alpha value is -1.43. The second kappa shape index (κ2) is 5.75. The van der Waals surface area contributed by atoms with Gasteiger partial charge in [-0.3, -0.25) is 4.79 Å². The molecule has 2 atom stereocenters. The molecule has 1 aromatic rings. The molecule has 0 heterocycles. The minimum atomic E-state index is -4.71. The molecule has 0 aliphatic carbocycles. The van der Waals surface area contributed by atoms with E-state index in [-0.39, 0.29) is 16.3 Å². The third kappa shape index (κ3) is 4.03. The Morgan fingerprint density at radius 3 is 2.14 bits per heavy atom. The Morgan fingerprint density at radius 2 is 1.81 bits per heavy atom. The summed E-state index contributed by atoms with van der Waals surface area (Å²) in [5.41, 5.74) is 4.24. The largest absolute Gasteiger partial charge is 0.481 e. The number of nitrogens with two attached hydrogens (primary N) is 1. The number of anilines is 1. The van der Waals surface area contributed by atoms with Crippen molar-refractivity contribution in [3.8, 4) is 0 Å². The number of carbonyl (C=O) groups is 1. The topological polar surface area (TPSA) is 63.3 Å². The highest BCUT2D eigenvalue weighted by molar-refractivity contribution is 6.33. The van der Waals surface area contributed by atoms with Crippen LogP contribution in [0.1, 0.15) is 32.3 Å². The number of benzene rings is 1. The molecule has 0 bridgehead atoms. The third-order valence-corrected chi connectivity index (χ3v) is 3.61. The predicted octanol–water partition coefficient (Wildman–Crippen LogP) is 4.32. The van der Waals surface area contributed by atoms with Crippen molar-refractivity contribution in [2.75, 3.05) is 5.73 Å². The number of alkyl halides is 3. The molecule has 7 heteroatoms. The molecule has 3 nitrogen and oxygen atoms in total. The van der Waals surface area contributed by atoms with Crippen LogP contribution in [0.3, 0.4) is 0 Å². The lowest BCUT2D eigenvalue weighted by Gasteiger charge is -2.35. The van der Waals surface area contributed by atoms with Gasteiger partial charge in [-0.25, -0.2) is 0 Å². The van der Waals surface area contributed by atoms with Crippen LogP contribution in [0.2, 0.25) is 5.02 Å². The van der Waals surface area contributed by atoms with Gasteiger partial charge in [-0.05, 0) is 23.1 Å². The molecule has 0 radical (unpaired) electrons. The zero-order valence-electron chi connectivity index (χ0n) is 11.8. The standard InChI is InChI=1S/C14H17ClF3NO2/c1-13(2,3)11(12(20)21)10(14(16,17)18)7-4-5-8(15)9(19)6-7/h4-6,10-11H,19H2,1-3H3,(H,20,21)/t10-,11?/m1/s1. The Kier molecular flexibility index (Phi) is 4.83. The van der Waals surface area contributed by atoms with Crippen molar-refractivity contribution in [1.82, 2.24) is 0 Å². The van der Waals surface area contributed by atoms with E-state index in [2.05, 4.69) is 0 Å². The zero-order valence-corrected chi connectivity index (χ0v) is 12.6. The molecule has 1 aromatic carbocycles. The lowest BCUT2D eigenvalue weighted by atomic mass is 9.70. The summed E-state index contributed by atoms with van der Waals surface area (Å²) in [7, 11) is 0. The molecule has 21 heavy (non-hydrogen) atoms. The first-order valence-corrected chi connectivity index (χ1v) is 6.58. The first kappa shape index (κ1) is 17.6. The minimum Gasteiger partial charge on any atom is -0.481 e. The molecule has 3 N–H and O–H groups in total. The van der Waals surface area contributed by atoms with E-state index in [4.69, 9.17) is 17.3 Å². The van der Waals surface area contributed by atoms with Gasteiger partial charge in [0.25, 0.3) is 0 Å². The molecule has 0 fully saturated rings. The van der Waals surface area contributed by atoms with Crippen LogP contribution in [0.15, 0.2) is 18.2 Å². The van der Waals surface area contributed by atoms with E-state index in [9.17, 15) is 23.1 Å². The SMILES string of the molecule is CC(C)(C)C(C(=O)O)[C@@H](c1ccc(Cl)c(N)c1)C(F)(F)F. The summed E-state index contributed by atoms with van der Waals surface area (Å²) in [6, 6.07) is 3.49. The van der Waals surface area contributed by atoms with Gasteiger partial charge in [0.2, 0.25) is 0 Å². The summed E-state index contributed by atoms with van der Waals surface area (Å²) in [5.74, 6) is -5.30. The molecule has 0 aromatic heterocycles. The molecule has 0 aliphatic heterocycles. The molecule has 1 unspecified atom stereocenters. The second-order valence-corrected chi connectivity index (χ2v) is 6.39. The maximum Gasteiger partial charge on any atom is 0.396 e. The summed E-state index contributed by atoms with van der Waals surface area (Å²) in [6.45, 7) is 4.39. The summed E-state index contributed by atoms with van der Waals surface area (Å²) in [6.07, 6.45) is -4.71. The maximum absolute atomic E-state index is 13.4. The van der Waals surface area contributed by atoms with Crippen molar-refractivity contribution < 1.29 is 23.1 Å². The van der Waals surface area contributed by atoms with Crippen molar-refractivity contribution in [2.24, 2.45) is 11.3 Å². The van der Waals surface area contributed by atoms with Gasteiger partial charge in [-0.1, -0.05) is 38.4 Å². The number of carboxylic acid groups (broad SMARTS) is 1. The summed E-state index contributed by atoms with van der Waals surface area (Å²) < 4.78 is 40.3. The molecule has 118 valence electrons. The van der Waals surface area contributed by atoms with Crippen LogP contribution in [0.5, 0.6) is 0 Å². The average Bonchev–Trinajstić information content (AvgIpc) is 2.26. The van der Waals surface area contributed by atoms with E-state index < -0.39 is 29.4 Å². The molecular weight excluding hydrogens is 307 g/mol. The van der Waals surface area contributed by atoms with Gasteiger partial charge in [0, 0.05) is 0 Å². The normalized spacial score (nSPS) is 15.6. The van der Waals surface area contributed by atoms with Gasteiger partial charge < -0.3 is 10.8 Å². The van der Waals surface area contributed by atoms with Gasteiger partial charge in [-0.2, -0.15) is 13.2 Å². The third-order valence-electron chi connectivity index (χ3n) is 3.26. The smallest absolute Gasteiger partial charge is 0.396 e. The molecule has 0 amide bonds. The number of aliphatic carboxylic acids is 1. The fourth-order valence-electron chi connectivity index (χ4n) is 2.34. The molecule has 0 saturated carbocycles. The van der Waals surface area contributed by atoms with E-state index in [1.54, 1.807) is 0 Å². The number of halogens is 4. The van der Waals surface area contributed by atoms with Crippen molar-refractivity contribution >= 4 is 23.3 Å². The van der Waals surface area contributed by atoms with Crippen molar-refractivity contribution in [2.45, 2.75) is 32.9 Å². The molecule has 0 saturated heterocycles. The number of rotatable bonds is 3. The molecular formula is C14H17ClF3NO2. The first-order valence-electron chi connectivity index (χ1n) is 6.20. The monoisotopic (exact) mass is 323 g/mol. The highest BCUT2D eigenvalue weighted by Gasteiger charge is 2.52. The maximum atomic E-state index is 13.4. The van der Waals surface area contributed by atoms with Gasteiger partial charge in [0.05, 0.1) is 22.5 Å². The molecule has 0 aliphatic rings. The van der Waals surface area contributed by atoms with Crippen LogP contribution in [0, 0.1) is 11.3 Å². The minimum absolute atomic E-state index is 0.0125. The lowest BCUT2D eigenvalue weighted by molar-refractivity contribution is -0.184. The zero-order chi connectivity index (χ0) is 16.6. The Bertz CT molecular complexity index is 538. The summed E-state index contributed by atoms with van der Waals surface area (Å²) in [4.78, 5) is 11.4.